The lowest BCUT2D eigenvalue weighted by molar-refractivity contribution is 0.0709. The molecule has 3 amide bonds. The van der Waals surface area contributed by atoms with Gasteiger partial charge >= 0.3 is 13.8 Å². The number of methoxy groups -OCH3 is 1. The first-order valence-corrected chi connectivity index (χ1v) is 16.0. The molecular weight excluding hydrogens is 630 g/mol. The molecule has 1 saturated carbocycles. The Labute approximate surface area is 262 Å². The molecule has 2 aliphatic rings. The van der Waals surface area contributed by atoms with Crippen molar-refractivity contribution in [2.45, 2.75) is 31.4 Å². The molecule has 1 aliphatic heterocycles. The number of ether oxygens (including phenoxy) is 2. The second-order valence-electron chi connectivity index (χ2n) is 10.2. The van der Waals surface area contributed by atoms with Crippen LogP contribution in [0.3, 0.4) is 0 Å². The molecule has 228 valence electrons. The maximum Gasteiger partial charge on any atom is 0.435 e. The van der Waals surface area contributed by atoms with Crippen molar-refractivity contribution >= 4 is 59.5 Å². The van der Waals surface area contributed by atoms with Crippen LogP contribution in [0.25, 0.3) is 10.9 Å². The van der Waals surface area contributed by atoms with Gasteiger partial charge in [-0.1, -0.05) is 35.3 Å². The largest absolute Gasteiger partial charge is 0.496 e. The summed E-state index contributed by atoms with van der Waals surface area (Å²) in [5.41, 5.74) is 1.69. The van der Waals surface area contributed by atoms with Gasteiger partial charge in [-0.15, -0.1) is 0 Å². The van der Waals surface area contributed by atoms with E-state index in [9.17, 15) is 14.2 Å². The first kappa shape index (κ1) is 30.2. The Morgan fingerprint density at radius 2 is 1.86 bits per heavy atom. The predicted molar refractivity (Wildman–Crippen MR) is 166 cm³/mol. The van der Waals surface area contributed by atoms with E-state index in [1.54, 1.807) is 60.8 Å². The average molecular weight is 657 g/mol. The third-order valence-electron chi connectivity index (χ3n) is 6.96. The number of carbonyl (C=O) groups excluding carboxylic acids is 2. The summed E-state index contributed by atoms with van der Waals surface area (Å²) in [5, 5.41) is 9.25. The normalized spacial score (nSPS) is 19.7. The molecule has 0 spiro atoms. The van der Waals surface area contributed by atoms with E-state index < -0.39 is 19.8 Å². The van der Waals surface area contributed by atoms with Crippen LogP contribution in [0.2, 0.25) is 10.0 Å². The number of benzene rings is 3. The highest BCUT2D eigenvalue weighted by Gasteiger charge is 2.37. The standard InChI is InChI=1S/C30H27Cl2N4O7P/c1-40-28-16-25-21(15-22(28)29(37)36-44(39)41-12-10-26(43-44)17-3-2-4-18(31)13-17)27(9-11-33-25)42-20-7-8-24(23(32)14-20)35-30(38)34-19-5-6-19/h2-4,7-9,11,13-16,19,26H,5-6,10,12H2,1H3,(H2,34,35,38)(H,36,37,39)/t26-,44?/m0/s1. The molecule has 2 heterocycles. The van der Waals surface area contributed by atoms with Crippen LogP contribution in [0.1, 0.15) is 41.3 Å². The molecule has 1 aliphatic carbocycles. The van der Waals surface area contributed by atoms with Crippen molar-refractivity contribution in [3.05, 3.63) is 88.0 Å². The average Bonchev–Trinajstić information content (AvgIpc) is 3.81. The van der Waals surface area contributed by atoms with Gasteiger partial charge in [0.05, 0.1) is 41.6 Å². The number of rotatable bonds is 8. The molecule has 2 fully saturated rings. The Bertz CT molecular complexity index is 1800. The monoisotopic (exact) mass is 656 g/mol. The van der Waals surface area contributed by atoms with Crippen LogP contribution in [-0.4, -0.2) is 36.7 Å². The van der Waals surface area contributed by atoms with E-state index in [1.165, 1.54) is 13.2 Å². The van der Waals surface area contributed by atoms with E-state index in [1.807, 2.05) is 0 Å². The molecule has 6 rings (SSSR count). The van der Waals surface area contributed by atoms with Gasteiger partial charge in [-0.25, -0.2) is 9.36 Å². The summed E-state index contributed by atoms with van der Waals surface area (Å²) in [6.45, 7) is 0.105. The van der Waals surface area contributed by atoms with E-state index in [-0.39, 0.29) is 35.0 Å². The summed E-state index contributed by atoms with van der Waals surface area (Å²) in [7, 11) is -2.64. The molecule has 3 aromatic carbocycles. The summed E-state index contributed by atoms with van der Waals surface area (Å²) in [4.78, 5) is 30.0. The third kappa shape index (κ3) is 6.93. The molecular formula is C30H27Cl2N4O7P. The fraction of sp³-hybridized carbons (Fsp3) is 0.233. The fourth-order valence-corrected chi connectivity index (χ4v) is 6.52. The number of pyridine rings is 1. The summed E-state index contributed by atoms with van der Waals surface area (Å²) >= 11 is 12.5. The Balaban J connectivity index is 1.23. The molecule has 0 radical (unpaired) electrons. The Morgan fingerprint density at radius 3 is 2.61 bits per heavy atom. The van der Waals surface area contributed by atoms with Crippen LogP contribution < -0.4 is 25.2 Å². The van der Waals surface area contributed by atoms with Crippen LogP contribution in [0.4, 0.5) is 10.5 Å². The molecule has 3 N–H and O–H groups in total. The van der Waals surface area contributed by atoms with E-state index >= 15 is 0 Å². The van der Waals surface area contributed by atoms with Crippen molar-refractivity contribution < 1.29 is 32.7 Å². The summed E-state index contributed by atoms with van der Waals surface area (Å²) in [5.74, 6) is 0.208. The Hall–Kier alpha value is -3.86. The number of nitrogens with zero attached hydrogens (tertiary/aromatic N) is 1. The number of urea groups is 1. The van der Waals surface area contributed by atoms with Crippen molar-refractivity contribution in [1.82, 2.24) is 15.4 Å². The molecule has 14 heteroatoms. The molecule has 1 aromatic heterocycles. The maximum absolute atomic E-state index is 13.5. The number of amides is 3. The summed E-state index contributed by atoms with van der Waals surface area (Å²) in [6.07, 6.45) is 3.33. The van der Waals surface area contributed by atoms with E-state index in [2.05, 4.69) is 20.7 Å². The van der Waals surface area contributed by atoms with Gasteiger partial charge < -0.3 is 20.1 Å². The van der Waals surface area contributed by atoms with Gasteiger partial charge in [0.2, 0.25) is 0 Å². The van der Waals surface area contributed by atoms with Crippen molar-refractivity contribution in [3.63, 3.8) is 0 Å². The number of fused-ring (bicyclic) bond motifs is 1. The van der Waals surface area contributed by atoms with Gasteiger partial charge in [-0.3, -0.25) is 23.9 Å². The highest BCUT2D eigenvalue weighted by atomic mass is 35.5. The molecule has 11 nitrogen and oxygen atoms in total. The number of carbonyl (C=O) groups is 2. The topological polar surface area (TPSA) is 137 Å². The minimum absolute atomic E-state index is 0.0596. The lowest BCUT2D eigenvalue weighted by Gasteiger charge is -2.30. The minimum atomic E-state index is -4.05. The van der Waals surface area contributed by atoms with Crippen molar-refractivity contribution in [1.29, 1.82) is 0 Å². The summed E-state index contributed by atoms with van der Waals surface area (Å²) in [6, 6.07) is 16.5. The third-order valence-corrected chi connectivity index (χ3v) is 9.04. The van der Waals surface area contributed by atoms with Crippen LogP contribution in [-0.2, 0) is 13.6 Å². The first-order valence-electron chi connectivity index (χ1n) is 13.7. The minimum Gasteiger partial charge on any atom is -0.496 e. The second-order valence-corrected chi connectivity index (χ2v) is 12.7. The number of halogens is 2. The molecule has 4 aromatic rings. The van der Waals surface area contributed by atoms with Crippen molar-refractivity contribution in [3.8, 4) is 17.2 Å². The predicted octanol–water partition coefficient (Wildman–Crippen LogP) is 7.64. The number of anilines is 1. The Kier molecular flexibility index (Phi) is 8.66. The van der Waals surface area contributed by atoms with E-state index in [0.717, 1.165) is 18.4 Å². The SMILES string of the molecule is COc1cc2nccc(Oc3ccc(NC(=O)NC4CC4)c(Cl)c3)c2cc1C(=O)NP1(=O)OCC[C@@H](c2cccc(Cl)c2)O1. The summed E-state index contributed by atoms with van der Waals surface area (Å²) < 4.78 is 36.3. The van der Waals surface area contributed by atoms with Crippen LogP contribution in [0, 0.1) is 0 Å². The molecule has 1 unspecified atom stereocenters. The molecule has 0 bridgehead atoms. The maximum atomic E-state index is 13.5. The highest BCUT2D eigenvalue weighted by Crippen LogP contribution is 2.53. The van der Waals surface area contributed by atoms with Gasteiger partial charge in [0.15, 0.2) is 0 Å². The fourth-order valence-electron chi connectivity index (χ4n) is 4.65. The van der Waals surface area contributed by atoms with Crippen molar-refractivity contribution in [2.75, 3.05) is 19.0 Å². The van der Waals surface area contributed by atoms with Crippen molar-refractivity contribution in [2.24, 2.45) is 0 Å². The lowest BCUT2D eigenvalue weighted by Crippen LogP contribution is -2.30. The van der Waals surface area contributed by atoms with Crippen LogP contribution >= 0.6 is 30.9 Å². The van der Waals surface area contributed by atoms with Gasteiger partial charge in [-0.05, 0) is 54.8 Å². The van der Waals surface area contributed by atoms with Crippen LogP contribution in [0.5, 0.6) is 17.2 Å². The van der Waals surface area contributed by atoms with Gasteiger partial charge in [0.25, 0.3) is 5.91 Å². The van der Waals surface area contributed by atoms with E-state index in [0.29, 0.717) is 39.5 Å². The zero-order chi connectivity index (χ0) is 30.8. The van der Waals surface area contributed by atoms with Gasteiger partial charge in [0.1, 0.15) is 17.2 Å². The van der Waals surface area contributed by atoms with Gasteiger partial charge in [0, 0.05) is 41.2 Å². The second kappa shape index (κ2) is 12.6. The Morgan fingerprint density at radius 1 is 1.02 bits per heavy atom. The number of hydrogen-bond donors (Lipinski definition) is 3. The number of nitrogens with one attached hydrogen (secondary N) is 3. The van der Waals surface area contributed by atoms with Gasteiger partial charge in [-0.2, -0.15) is 0 Å². The number of hydrogen-bond acceptors (Lipinski definition) is 8. The number of aromatic nitrogens is 1. The zero-order valence-corrected chi connectivity index (χ0v) is 25.7. The first-order chi connectivity index (χ1) is 21.2. The molecule has 1 saturated heterocycles. The quantitative estimate of drug-likeness (QED) is 0.165. The highest BCUT2D eigenvalue weighted by molar-refractivity contribution is 7.52. The van der Waals surface area contributed by atoms with E-state index in [4.69, 9.17) is 41.7 Å². The smallest absolute Gasteiger partial charge is 0.435 e. The lowest BCUT2D eigenvalue weighted by atomic mass is 10.1. The molecule has 2 atom stereocenters. The van der Waals surface area contributed by atoms with Crippen LogP contribution in [0.15, 0.2) is 66.9 Å². The zero-order valence-electron chi connectivity index (χ0n) is 23.3. The molecule has 44 heavy (non-hydrogen) atoms.